The molecular weight excluding hydrogens is 282 g/mol. The van der Waals surface area contributed by atoms with Crippen molar-refractivity contribution < 1.29 is 4.42 Å². The zero-order valence-corrected chi connectivity index (χ0v) is 11.6. The number of rotatable bonds is 2. The molecule has 2 N–H and O–H groups in total. The number of anilines is 1. The first kappa shape index (κ1) is 12.1. The summed E-state index contributed by atoms with van der Waals surface area (Å²) in [5, 5.41) is 0. The Morgan fingerprint density at radius 1 is 1.29 bits per heavy atom. The van der Waals surface area contributed by atoms with Crippen LogP contribution in [0.1, 0.15) is 31.0 Å². The summed E-state index contributed by atoms with van der Waals surface area (Å²) in [6.45, 7) is 6.09. The topological polar surface area (TPSA) is 64.9 Å². The minimum absolute atomic E-state index is 0.312. The molecule has 0 atom stereocenters. The van der Waals surface area contributed by atoms with Gasteiger partial charge >= 0.3 is 0 Å². The number of aromatic nitrogens is 2. The van der Waals surface area contributed by atoms with Crippen LogP contribution in [0.2, 0.25) is 0 Å². The van der Waals surface area contributed by atoms with Crippen LogP contribution in [0.3, 0.4) is 0 Å². The van der Waals surface area contributed by atoms with Gasteiger partial charge in [0.05, 0.1) is 0 Å². The minimum atomic E-state index is 0.312. The van der Waals surface area contributed by atoms with Gasteiger partial charge in [0.25, 0.3) is 0 Å². The van der Waals surface area contributed by atoms with Gasteiger partial charge in [-0.25, -0.2) is 9.97 Å². The number of nitrogen functional groups attached to an aromatic ring is 1. The molecule has 0 unspecified atom stereocenters. The molecule has 4 nitrogen and oxygen atoms in total. The van der Waals surface area contributed by atoms with Gasteiger partial charge in [0.2, 0.25) is 0 Å². The lowest BCUT2D eigenvalue weighted by molar-refractivity contribution is 0.551. The van der Waals surface area contributed by atoms with E-state index in [-0.39, 0.29) is 0 Å². The van der Waals surface area contributed by atoms with Gasteiger partial charge in [-0.3, -0.25) is 0 Å². The highest BCUT2D eigenvalue weighted by Crippen LogP contribution is 2.27. The molecule has 0 bridgehead atoms. The van der Waals surface area contributed by atoms with Crippen molar-refractivity contribution in [3.8, 4) is 11.6 Å². The number of halogens is 1. The minimum Gasteiger partial charge on any atom is -0.446 e. The second kappa shape index (κ2) is 4.49. The quantitative estimate of drug-likeness (QED) is 0.921. The molecule has 0 amide bonds. The average molecular weight is 296 g/mol. The first-order valence-corrected chi connectivity index (χ1v) is 6.18. The highest BCUT2D eigenvalue weighted by atomic mass is 79.9. The number of hydrogen-bond acceptors (Lipinski definition) is 4. The maximum atomic E-state index is 5.96. The molecule has 0 radical (unpaired) electrons. The number of nitrogens with zero attached hydrogens (tertiary/aromatic N) is 2. The Balaban J connectivity index is 2.52. The fourth-order valence-electron chi connectivity index (χ4n) is 1.86. The molecule has 17 heavy (non-hydrogen) atoms. The monoisotopic (exact) mass is 295 g/mol. The van der Waals surface area contributed by atoms with Gasteiger partial charge < -0.3 is 10.2 Å². The zero-order chi connectivity index (χ0) is 12.6. The number of hydrogen-bond donors (Lipinski definition) is 1. The van der Waals surface area contributed by atoms with Crippen LogP contribution >= 0.6 is 15.9 Å². The van der Waals surface area contributed by atoms with Crippen LogP contribution in [0.25, 0.3) is 11.6 Å². The van der Waals surface area contributed by atoms with Crippen molar-refractivity contribution in [1.82, 2.24) is 9.97 Å². The highest BCUT2D eigenvalue weighted by Gasteiger charge is 2.15. The van der Waals surface area contributed by atoms with Crippen LogP contribution in [0, 0.1) is 6.92 Å². The lowest BCUT2D eigenvalue weighted by Gasteiger charge is -2.12. The van der Waals surface area contributed by atoms with Crippen LogP contribution in [0.4, 0.5) is 5.82 Å². The third kappa shape index (κ3) is 2.34. The summed E-state index contributed by atoms with van der Waals surface area (Å²) in [6.07, 6.45) is 0. The lowest BCUT2D eigenvalue weighted by Crippen LogP contribution is -2.06. The first-order valence-electron chi connectivity index (χ1n) is 5.38. The van der Waals surface area contributed by atoms with Crippen molar-refractivity contribution in [3.05, 3.63) is 28.1 Å². The number of nitrogens with two attached hydrogens (primary N) is 1. The van der Waals surface area contributed by atoms with Gasteiger partial charge in [0.1, 0.15) is 5.82 Å². The van der Waals surface area contributed by atoms with E-state index in [0.29, 0.717) is 28.0 Å². The molecule has 5 heteroatoms. The zero-order valence-electron chi connectivity index (χ0n) is 9.99. The first-order chi connectivity index (χ1) is 7.99. The third-order valence-electron chi connectivity index (χ3n) is 2.54. The molecule has 2 heterocycles. The molecule has 0 aliphatic rings. The van der Waals surface area contributed by atoms with E-state index in [9.17, 15) is 0 Å². The van der Waals surface area contributed by atoms with Crippen LogP contribution in [-0.2, 0) is 0 Å². The van der Waals surface area contributed by atoms with Gasteiger partial charge in [-0.2, -0.15) is 0 Å². The fraction of sp³-hybridized carbons (Fsp3) is 0.333. The van der Waals surface area contributed by atoms with E-state index in [1.165, 1.54) is 0 Å². The predicted molar refractivity (Wildman–Crippen MR) is 70.7 cm³/mol. The van der Waals surface area contributed by atoms with E-state index in [0.717, 1.165) is 11.3 Å². The Kier molecular flexibility index (Phi) is 3.19. The molecule has 0 aliphatic carbocycles. The SMILES string of the molecule is Cc1nc(-c2ccc(Br)o2)nc(N)c1C(C)C. The highest BCUT2D eigenvalue weighted by molar-refractivity contribution is 9.10. The van der Waals surface area contributed by atoms with Gasteiger partial charge in [-0.05, 0) is 40.9 Å². The van der Waals surface area contributed by atoms with Crippen molar-refractivity contribution >= 4 is 21.7 Å². The Morgan fingerprint density at radius 3 is 2.47 bits per heavy atom. The normalized spacial score (nSPS) is 11.1. The average Bonchev–Trinajstić information content (AvgIpc) is 2.63. The van der Waals surface area contributed by atoms with E-state index in [2.05, 4.69) is 39.7 Å². The van der Waals surface area contributed by atoms with Gasteiger partial charge in [-0.15, -0.1) is 0 Å². The third-order valence-corrected chi connectivity index (χ3v) is 2.96. The molecule has 0 saturated carbocycles. The standard InChI is InChI=1S/C12H14BrN3O/c1-6(2)10-7(3)15-12(16-11(10)14)8-4-5-9(13)17-8/h4-6H,1-3H3,(H2,14,15,16). The summed E-state index contributed by atoms with van der Waals surface area (Å²) < 4.78 is 6.07. The molecule has 0 saturated heterocycles. The molecule has 0 fully saturated rings. The smallest absolute Gasteiger partial charge is 0.197 e. The maximum absolute atomic E-state index is 5.96. The Hall–Kier alpha value is -1.36. The Labute approximate surface area is 108 Å². The summed E-state index contributed by atoms with van der Waals surface area (Å²) in [5.41, 5.74) is 7.86. The van der Waals surface area contributed by atoms with Crippen LogP contribution in [-0.4, -0.2) is 9.97 Å². The van der Waals surface area contributed by atoms with E-state index in [1.807, 2.05) is 13.0 Å². The Bertz CT molecular complexity index is 525. The maximum Gasteiger partial charge on any atom is 0.197 e. The van der Waals surface area contributed by atoms with Crippen molar-refractivity contribution in [2.75, 3.05) is 5.73 Å². The molecule has 0 spiro atoms. The van der Waals surface area contributed by atoms with Crippen molar-refractivity contribution in [2.45, 2.75) is 26.7 Å². The summed E-state index contributed by atoms with van der Waals surface area (Å²) in [6, 6.07) is 3.62. The predicted octanol–water partition coefficient (Wildman–Crippen LogP) is 3.51. The van der Waals surface area contributed by atoms with Gasteiger partial charge in [0.15, 0.2) is 16.3 Å². The van der Waals surface area contributed by atoms with Crippen molar-refractivity contribution in [3.63, 3.8) is 0 Å². The van der Waals surface area contributed by atoms with E-state index in [4.69, 9.17) is 10.2 Å². The molecule has 2 rings (SSSR count). The largest absolute Gasteiger partial charge is 0.446 e. The van der Waals surface area contributed by atoms with Crippen molar-refractivity contribution in [1.29, 1.82) is 0 Å². The molecule has 2 aromatic heterocycles. The fourth-order valence-corrected chi connectivity index (χ4v) is 2.17. The van der Waals surface area contributed by atoms with Crippen LogP contribution in [0.5, 0.6) is 0 Å². The summed E-state index contributed by atoms with van der Waals surface area (Å²) in [4.78, 5) is 8.72. The summed E-state index contributed by atoms with van der Waals surface area (Å²) >= 11 is 3.25. The van der Waals surface area contributed by atoms with E-state index in [1.54, 1.807) is 6.07 Å². The number of furan rings is 1. The number of aryl methyl sites for hydroxylation is 1. The summed E-state index contributed by atoms with van der Waals surface area (Å²) in [5.74, 6) is 1.97. The molecule has 90 valence electrons. The van der Waals surface area contributed by atoms with E-state index >= 15 is 0 Å². The molecule has 2 aromatic rings. The van der Waals surface area contributed by atoms with Gasteiger partial charge in [0, 0.05) is 11.3 Å². The van der Waals surface area contributed by atoms with E-state index < -0.39 is 0 Å². The molecule has 0 aromatic carbocycles. The van der Waals surface area contributed by atoms with Gasteiger partial charge in [-0.1, -0.05) is 13.8 Å². The second-order valence-electron chi connectivity index (χ2n) is 4.19. The molecular formula is C12H14BrN3O. The summed E-state index contributed by atoms with van der Waals surface area (Å²) in [7, 11) is 0. The lowest BCUT2D eigenvalue weighted by atomic mass is 10.0. The van der Waals surface area contributed by atoms with Crippen molar-refractivity contribution in [2.24, 2.45) is 0 Å². The molecule has 0 aliphatic heterocycles. The Morgan fingerprint density at radius 2 is 2.00 bits per heavy atom. The van der Waals surface area contributed by atoms with Crippen LogP contribution < -0.4 is 5.73 Å². The second-order valence-corrected chi connectivity index (χ2v) is 4.97. The van der Waals surface area contributed by atoms with Crippen LogP contribution in [0.15, 0.2) is 21.2 Å².